The first-order valence-corrected chi connectivity index (χ1v) is 22.5. The third-order valence-electron chi connectivity index (χ3n) is 14.0. The van der Waals surface area contributed by atoms with Gasteiger partial charge in [-0.3, -0.25) is 9.59 Å². The summed E-state index contributed by atoms with van der Waals surface area (Å²) in [7, 11) is 2.63. The zero-order valence-corrected chi connectivity index (χ0v) is 37.0. The zero-order chi connectivity index (χ0) is 44.1. The van der Waals surface area contributed by atoms with Gasteiger partial charge in [0.25, 0.3) is 0 Å². The molecule has 5 aromatic rings. The van der Waals surface area contributed by atoms with Gasteiger partial charge in [0.1, 0.15) is 36.1 Å². The summed E-state index contributed by atoms with van der Waals surface area (Å²) >= 11 is 0. The maximum atomic E-state index is 14.4. The summed E-state index contributed by atoms with van der Waals surface area (Å²) in [6.07, 6.45) is 8.83. The van der Waals surface area contributed by atoms with Crippen LogP contribution >= 0.6 is 0 Å². The Bertz CT molecular complexity index is 2560. The SMILES string of the molecule is COC(=O)NC(C(=O)N1C(C)CCC1c1ncc(-c2ccc3c(c2)COc2cc4c(ccc5[nH]c(C6CCC(C)N6C(=O)C(NC(=O)OC)C6CCCCC6)nc54)cc2-3)[nH]1)C(C)C. The van der Waals surface area contributed by atoms with Crippen molar-refractivity contribution >= 4 is 45.8 Å². The number of benzene rings is 3. The number of methoxy groups -OCH3 is 2. The van der Waals surface area contributed by atoms with Gasteiger partial charge in [-0.2, -0.15) is 0 Å². The summed E-state index contributed by atoms with van der Waals surface area (Å²) in [6.45, 7) is 8.31. The fourth-order valence-electron chi connectivity index (χ4n) is 10.6. The number of rotatable bonds is 9. The number of nitrogens with one attached hydrogen (secondary N) is 4. The lowest BCUT2D eigenvalue weighted by molar-refractivity contribution is -0.138. The number of hydrogen-bond donors (Lipinski definition) is 4. The molecule has 2 saturated heterocycles. The standard InChI is InChI=1S/C48H58N8O7/c1-25(2)40(53-47(59)61-5)45(57)55-26(3)12-18-37(55)43-49-23-36(51-43)30-14-16-32-31(20-30)24-63-39-22-33-29(21-34(32)39)15-17-35-42(33)52-44(50-35)38-19-13-27(4)56(38)46(58)41(54-48(60)62-6)28-10-8-7-9-11-28/h14-17,20-23,25-28,37-38,40-41H,7-13,18-19,24H2,1-6H3,(H,49,51)(H,50,52)(H,53,59)(H,54,60). The second kappa shape index (κ2) is 17.2. The number of imidazole rings is 2. The van der Waals surface area contributed by atoms with E-state index in [0.29, 0.717) is 12.4 Å². The van der Waals surface area contributed by atoms with Crippen molar-refractivity contribution in [2.75, 3.05) is 14.2 Å². The minimum Gasteiger partial charge on any atom is -0.488 e. The van der Waals surface area contributed by atoms with Crippen molar-refractivity contribution in [1.82, 2.24) is 40.4 Å². The molecule has 6 atom stereocenters. The Morgan fingerprint density at radius 1 is 0.778 bits per heavy atom. The Labute approximate surface area is 367 Å². The van der Waals surface area contributed by atoms with Gasteiger partial charge in [0.2, 0.25) is 11.8 Å². The summed E-state index contributed by atoms with van der Waals surface area (Å²) in [6, 6.07) is 12.9. The van der Waals surface area contributed by atoms with Crippen LogP contribution in [0.1, 0.15) is 115 Å². The van der Waals surface area contributed by atoms with Crippen molar-refractivity contribution < 1.29 is 33.4 Å². The predicted octanol–water partition coefficient (Wildman–Crippen LogP) is 8.46. The molecule has 2 aromatic heterocycles. The highest BCUT2D eigenvalue weighted by Crippen LogP contribution is 2.44. The number of ether oxygens (including phenoxy) is 3. The molecule has 6 unspecified atom stereocenters. The summed E-state index contributed by atoms with van der Waals surface area (Å²) in [5, 5.41) is 7.63. The predicted molar refractivity (Wildman–Crippen MR) is 238 cm³/mol. The minimum absolute atomic E-state index is 0.00712. The van der Waals surface area contributed by atoms with E-state index in [9.17, 15) is 19.2 Å². The van der Waals surface area contributed by atoms with E-state index in [0.717, 1.165) is 119 Å². The fourth-order valence-corrected chi connectivity index (χ4v) is 10.6. The van der Waals surface area contributed by atoms with E-state index in [1.165, 1.54) is 14.2 Å². The molecule has 0 radical (unpaired) electrons. The van der Waals surface area contributed by atoms with Gasteiger partial charge in [0.15, 0.2) is 0 Å². The first-order valence-electron chi connectivity index (χ1n) is 22.5. The molecule has 0 bridgehead atoms. The number of hydrogen-bond acceptors (Lipinski definition) is 9. The lowest BCUT2D eigenvalue weighted by atomic mass is 9.83. The van der Waals surface area contributed by atoms with Gasteiger partial charge in [-0.1, -0.05) is 51.3 Å². The monoisotopic (exact) mass is 858 g/mol. The molecule has 5 heterocycles. The largest absolute Gasteiger partial charge is 0.488 e. The highest BCUT2D eigenvalue weighted by molar-refractivity contribution is 6.07. The second-order valence-electron chi connectivity index (χ2n) is 18.2. The number of likely N-dealkylation sites (tertiary alicyclic amines) is 2. The molecule has 15 nitrogen and oxygen atoms in total. The van der Waals surface area contributed by atoms with Crippen molar-refractivity contribution in [2.24, 2.45) is 11.8 Å². The number of aromatic nitrogens is 4. The molecular weight excluding hydrogens is 801 g/mol. The highest BCUT2D eigenvalue weighted by Gasteiger charge is 2.44. The van der Waals surface area contributed by atoms with E-state index in [-0.39, 0.29) is 47.8 Å². The number of nitrogens with zero attached hydrogens (tertiary/aromatic N) is 4. The number of amides is 4. The van der Waals surface area contributed by atoms with E-state index in [2.05, 4.69) is 70.0 Å². The van der Waals surface area contributed by atoms with Crippen LogP contribution in [-0.2, 0) is 25.7 Å². The molecule has 4 amide bonds. The Morgan fingerprint density at radius 3 is 2.19 bits per heavy atom. The molecule has 15 heteroatoms. The number of carbonyl (C=O) groups excluding carboxylic acids is 4. The van der Waals surface area contributed by atoms with Crippen LogP contribution in [-0.4, -0.2) is 92.1 Å². The molecule has 3 fully saturated rings. The van der Waals surface area contributed by atoms with Crippen molar-refractivity contribution in [3.05, 3.63) is 65.9 Å². The van der Waals surface area contributed by atoms with Gasteiger partial charge in [-0.05, 0) is 111 Å². The van der Waals surface area contributed by atoms with Gasteiger partial charge in [0, 0.05) is 23.0 Å². The molecule has 63 heavy (non-hydrogen) atoms. The van der Waals surface area contributed by atoms with Crippen LogP contribution in [0, 0.1) is 11.8 Å². The van der Waals surface area contributed by atoms with Crippen LogP contribution in [0.3, 0.4) is 0 Å². The number of alkyl carbamates (subject to hydrolysis) is 2. The number of carbonyl (C=O) groups is 4. The summed E-state index contributed by atoms with van der Waals surface area (Å²) in [4.78, 5) is 73.7. The third kappa shape index (κ3) is 7.84. The van der Waals surface area contributed by atoms with E-state index in [1.54, 1.807) is 0 Å². The Hall–Kier alpha value is -6.12. The maximum absolute atomic E-state index is 14.4. The molecule has 4 aliphatic rings. The first kappa shape index (κ1) is 42.2. The average molecular weight is 859 g/mol. The Morgan fingerprint density at radius 2 is 1.48 bits per heavy atom. The third-order valence-corrected chi connectivity index (χ3v) is 14.0. The van der Waals surface area contributed by atoms with E-state index in [1.807, 2.05) is 36.8 Å². The molecular formula is C48H58N8O7. The Balaban J connectivity index is 0.964. The molecule has 1 saturated carbocycles. The zero-order valence-electron chi connectivity index (χ0n) is 37.0. The second-order valence-corrected chi connectivity index (χ2v) is 18.2. The van der Waals surface area contributed by atoms with Crippen molar-refractivity contribution in [3.63, 3.8) is 0 Å². The van der Waals surface area contributed by atoms with Gasteiger partial charge in [-0.15, -0.1) is 0 Å². The van der Waals surface area contributed by atoms with Crippen LogP contribution in [0.4, 0.5) is 9.59 Å². The van der Waals surface area contributed by atoms with Gasteiger partial charge in [0.05, 0.1) is 49.2 Å². The van der Waals surface area contributed by atoms with Gasteiger partial charge >= 0.3 is 12.2 Å². The van der Waals surface area contributed by atoms with Crippen LogP contribution in [0.15, 0.2) is 48.7 Å². The summed E-state index contributed by atoms with van der Waals surface area (Å²) < 4.78 is 16.2. The molecule has 332 valence electrons. The number of aromatic amines is 2. The molecule has 0 spiro atoms. The summed E-state index contributed by atoms with van der Waals surface area (Å²) in [5.41, 5.74) is 6.65. The van der Waals surface area contributed by atoms with Crippen molar-refractivity contribution in [2.45, 2.75) is 128 Å². The first-order chi connectivity index (χ1) is 30.4. The molecule has 4 N–H and O–H groups in total. The fraction of sp³-hybridized carbons (Fsp3) is 0.500. The van der Waals surface area contributed by atoms with Crippen molar-refractivity contribution in [3.8, 4) is 28.1 Å². The molecule has 3 aliphatic heterocycles. The topological polar surface area (TPSA) is 184 Å². The lowest BCUT2D eigenvalue weighted by Crippen LogP contribution is -2.54. The highest BCUT2D eigenvalue weighted by atomic mass is 16.5. The maximum Gasteiger partial charge on any atom is 0.407 e. The van der Waals surface area contributed by atoms with Crippen LogP contribution in [0.5, 0.6) is 5.75 Å². The van der Waals surface area contributed by atoms with Gasteiger partial charge in [-0.25, -0.2) is 19.6 Å². The smallest absolute Gasteiger partial charge is 0.407 e. The quantitative estimate of drug-likeness (QED) is 0.113. The van der Waals surface area contributed by atoms with E-state index in [4.69, 9.17) is 24.2 Å². The average Bonchev–Trinajstić information content (AvgIpc) is 4.12. The summed E-state index contributed by atoms with van der Waals surface area (Å²) in [5.74, 6) is 1.95. The van der Waals surface area contributed by atoms with E-state index >= 15 is 0 Å². The van der Waals surface area contributed by atoms with Crippen LogP contribution < -0.4 is 15.4 Å². The number of fused-ring (bicyclic) bond motifs is 6. The minimum atomic E-state index is -0.717. The van der Waals surface area contributed by atoms with Gasteiger partial charge < -0.3 is 44.6 Å². The Kier molecular flexibility index (Phi) is 11.5. The lowest BCUT2D eigenvalue weighted by Gasteiger charge is -2.36. The van der Waals surface area contributed by atoms with E-state index < -0.39 is 24.3 Å². The number of H-pyrrole nitrogens is 2. The van der Waals surface area contributed by atoms with Crippen LogP contribution in [0.2, 0.25) is 0 Å². The normalized spacial score (nSPS) is 22.1. The van der Waals surface area contributed by atoms with Crippen LogP contribution in [0.25, 0.3) is 44.2 Å². The van der Waals surface area contributed by atoms with Crippen molar-refractivity contribution in [1.29, 1.82) is 0 Å². The molecule has 9 rings (SSSR count). The molecule has 1 aliphatic carbocycles. The molecule has 3 aromatic carbocycles.